The minimum Gasteiger partial charge on any atom is -0.546 e. The first-order valence-electron chi connectivity index (χ1n) is 13.2. The summed E-state index contributed by atoms with van der Waals surface area (Å²) >= 11 is 0. The number of ether oxygens (including phenoxy) is 1. The Kier molecular flexibility index (Phi) is 8.59. The van der Waals surface area contributed by atoms with Crippen LogP contribution in [0.3, 0.4) is 0 Å². The van der Waals surface area contributed by atoms with E-state index in [9.17, 15) is 9.90 Å². The van der Waals surface area contributed by atoms with Crippen LogP contribution in [0, 0.1) is 46.3 Å². The van der Waals surface area contributed by atoms with Crippen LogP contribution in [0.1, 0.15) is 105 Å². The molecule has 4 rings (SSSR count). The Labute approximate surface area is 218 Å². The maximum Gasteiger partial charge on any atom is 1.00 e. The molecule has 0 aromatic carbocycles. The summed E-state index contributed by atoms with van der Waals surface area (Å²) in [5.41, 5.74) is 2.25. The van der Waals surface area contributed by atoms with Gasteiger partial charge in [-0.3, -0.25) is 0 Å². The van der Waals surface area contributed by atoms with E-state index in [0.717, 1.165) is 54.8 Å². The van der Waals surface area contributed by atoms with E-state index in [1.165, 1.54) is 56.9 Å². The van der Waals surface area contributed by atoms with Gasteiger partial charge < -0.3 is 14.6 Å². The van der Waals surface area contributed by atoms with Crippen molar-refractivity contribution in [3.8, 4) is 0 Å². The first-order chi connectivity index (χ1) is 14.6. The molecule has 0 radical (unpaired) electrons. The molecule has 0 aromatic heterocycles. The van der Waals surface area contributed by atoms with Gasteiger partial charge in [-0.2, -0.15) is 0 Å². The average molecular weight is 453 g/mol. The number of allylic oxidation sites excluding steroid dienone is 1. The molecule has 32 heavy (non-hydrogen) atoms. The molecule has 0 aromatic rings. The van der Waals surface area contributed by atoms with Gasteiger partial charge in [0, 0.05) is 6.10 Å². The van der Waals surface area contributed by atoms with Crippen molar-refractivity contribution >= 4 is 6.16 Å². The van der Waals surface area contributed by atoms with E-state index in [4.69, 9.17) is 4.74 Å². The Balaban J connectivity index is 0.00000289. The SMILES string of the molecule is CC(C)CCC[C@@H](C)[C@H]1CC[C@H]2[C@@H]3CC=C4CC(OC(=O)[O-])CC[C@]4(C)[C@H]3CC[C@]12C.[Na+]. The largest absolute Gasteiger partial charge is 1.00 e. The molecule has 8 atom stereocenters. The summed E-state index contributed by atoms with van der Waals surface area (Å²) in [6.45, 7) is 12.4. The van der Waals surface area contributed by atoms with E-state index in [2.05, 4.69) is 40.7 Å². The number of hydrogen-bond acceptors (Lipinski definition) is 3. The monoisotopic (exact) mass is 452 g/mol. The van der Waals surface area contributed by atoms with Gasteiger partial charge in [-0.05, 0) is 97.7 Å². The Hall–Kier alpha value is 0.0100. The van der Waals surface area contributed by atoms with E-state index in [1.807, 2.05) is 0 Å². The van der Waals surface area contributed by atoms with Crippen molar-refractivity contribution in [3.63, 3.8) is 0 Å². The normalized spacial score (nSPS) is 41.6. The summed E-state index contributed by atoms with van der Waals surface area (Å²) < 4.78 is 5.06. The number of carbonyl (C=O) groups is 1. The molecule has 1 unspecified atom stereocenters. The summed E-state index contributed by atoms with van der Waals surface area (Å²) in [5.74, 6) is 5.04. The van der Waals surface area contributed by atoms with Crippen LogP contribution in [-0.4, -0.2) is 12.3 Å². The summed E-state index contributed by atoms with van der Waals surface area (Å²) in [5, 5.41) is 10.9. The van der Waals surface area contributed by atoms with Gasteiger partial charge in [0.15, 0.2) is 0 Å². The summed E-state index contributed by atoms with van der Waals surface area (Å²) in [6, 6.07) is 0. The van der Waals surface area contributed by atoms with Gasteiger partial charge in [0.25, 0.3) is 6.16 Å². The fourth-order valence-corrected chi connectivity index (χ4v) is 8.89. The maximum absolute atomic E-state index is 10.9. The van der Waals surface area contributed by atoms with Gasteiger partial charge in [-0.1, -0.05) is 65.5 Å². The van der Waals surface area contributed by atoms with Crippen molar-refractivity contribution in [1.29, 1.82) is 0 Å². The zero-order valence-corrected chi connectivity index (χ0v) is 23.6. The second-order valence-corrected chi connectivity index (χ2v) is 12.5. The van der Waals surface area contributed by atoms with Crippen LogP contribution in [0.5, 0.6) is 0 Å². The first kappa shape index (κ1) is 26.6. The van der Waals surface area contributed by atoms with Crippen molar-refractivity contribution < 1.29 is 44.2 Å². The molecular formula is C28H45NaO3. The number of carboxylic acid groups (broad SMARTS) is 1. The molecule has 0 spiro atoms. The molecule has 0 N–H and O–H groups in total. The molecule has 4 aliphatic rings. The molecular weight excluding hydrogens is 407 g/mol. The Morgan fingerprint density at radius 1 is 1.09 bits per heavy atom. The third-order valence-electron chi connectivity index (χ3n) is 10.5. The van der Waals surface area contributed by atoms with Crippen molar-refractivity contribution in [2.24, 2.45) is 46.3 Å². The van der Waals surface area contributed by atoms with Crippen molar-refractivity contribution in [1.82, 2.24) is 0 Å². The zero-order chi connectivity index (χ0) is 22.4. The van der Waals surface area contributed by atoms with Crippen LogP contribution < -0.4 is 34.7 Å². The first-order valence-corrected chi connectivity index (χ1v) is 13.2. The molecule has 0 saturated heterocycles. The Morgan fingerprint density at radius 3 is 2.53 bits per heavy atom. The third-order valence-corrected chi connectivity index (χ3v) is 10.5. The van der Waals surface area contributed by atoms with Crippen LogP contribution in [0.25, 0.3) is 0 Å². The van der Waals surface area contributed by atoms with E-state index < -0.39 is 6.16 Å². The van der Waals surface area contributed by atoms with E-state index >= 15 is 0 Å². The van der Waals surface area contributed by atoms with Gasteiger partial charge in [0.2, 0.25) is 0 Å². The Morgan fingerprint density at radius 2 is 1.84 bits per heavy atom. The summed E-state index contributed by atoms with van der Waals surface area (Å²) in [7, 11) is 0. The van der Waals surface area contributed by atoms with Crippen LogP contribution >= 0.6 is 0 Å². The zero-order valence-electron chi connectivity index (χ0n) is 21.6. The van der Waals surface area contributed by atoms with E-state index in [1.54, 1.807) is 0 Å². The van der Waals surface area contributed by atoms with Gasteiger partial charge in [0.05, 0.1) is 0 Å². The molecule has 4 aliphatic carbocycles. The Bertz CT molecular complexity index is 703. The fourth-order valence-electron chi connectivity index (χ4n) is 8.89. The number of rotatable bonds is 6. The summed E-state index contributed by atoms with van der Waals surface area (Å²) in [6.07, 6.45) is 14.6. The number of carbonyl (C=O) groups excluding carboxylic acids is 1. The molecule has 0 aliphatic heterocycles. The third kappa shape index (κ3) is 4.87. The van der Waals surface area contributed by atoms with Crippen molar-refractivity contribution in [3.05, 3.63) is 11.6 Å². The van der Waals surface area contributed by atoms with Crippen molar-refractivity contribution in [2.75, 3.05) is 0 Å². The minimum absolute atomic E-state index is 0. The number of fused-ring (bicyclic) bond motifs is 5. The smallest absolute Gasteiger partial charge is 0.546 e. The van der Waals surface area contributed by atoms with Gasteiger partial charge >= 0.3 is 29.6 Å². The van der Waals surface area contributed by atoms with Gasteiger partial charge in [-0.25, -0.2) is 0 Å². The van der Waals surface area contributed by atoms with Gasteiger partial charge in [-0.15, -0.1) is 0 Å². The second-order valence-electron chi connectivity index (χ2n) is 12.5. The molecule has 3 nitrogen and oxygen atoms in total. The standard InChI is InChI=1S/C28H46O3.Na/c1-18(2)7-6-8-19(3)23-11-12-24-22-10-9-20-17-21(31-26(29)30)13-15-27(20,4)25(22)14-16-28(23,24)5;/h9,18-19,21-25H,6-8,10-17H2,1-5H3,(H,29,30);/q;+1/p-1/t19-,21?,22+,23-,24+,25+,27+,28-;/m1./s1. The molecule has 0 bridgehead atoms. The quantitative estimate of drug-likeness (QED) is 0.350. The summed E-state index contributed by atoms with van der Waals surface area (Å²) in [4.78, 5) is 10.9. The van der Waals surface area contributed by atoms with Crippen LogP contribution in [0.15, 0.2) is 11.6 Å². The predicted molar refractivity (Wildman–Crippen MR) is 123 cm³/mol. The molecule has 3 saturated carbocycles. The molecule has 0 heterocycles. The van der Waals surface area contributed by atoms with Crippen LogP contribution in [0.4, 0.5) is 4.79 Å². The average Bonchev–Trinajstić information content (AvgIpc) is 3.05. The second kappa shape index (κ2) is 10.3. The molecule has 4 heteroatoms. The van der Waals surface area contributed by atoms with E-state index in [-0.39, 0.29) is 41.1 Å². The van der Waals surface area contributed by atoms with Gasteiger partial charge in [0.1, 0.15) is 0 Å². The minimum atomic E-state index is -1.36. The molecule has 176 valence electrons. The van der Waals surface area contributed by atoms with Crippen molar-refractivity contribution in [2.45, 2.75) is 111 Å². The van der Waals surface area contributed by atoms with Crippen LogP contribution in [0.2, 0.25) is 0 Å². The van der Waals surface area contributed by atoms with E-state index in [0.29, 0.717) is 5.41 Å². The molecule has 0 amide bonds. The maximum atomic E-state index is 10.9. The number of hydrogen-bond donors (Lipinski definition) is 0. The predicted octanol–water partition coefficient (Wildman–Crippen LogP) is 3.76. The topological polar surface area (TPSA) is 49.4 Å². The molecule has 3 fully saturated rings. The van der Waals surface area contributed by atoms with Crippen LogP contribution in [-0.2, 0) is 4.74 Å². The fraction of sp³-hybridized carbons (Fsp3) is 0.893.